The van der Waals surface area contributed by atoms with Crippen LogP contribution < -0.4 is 4.90 Å². The summed E-state index contributed by atoms with van der Waals surface area (Å²) in [5.74, 6) is 1.25. The highest BCUT2D eigenvalue weighted by Crippen LogP contribution is 2.33. The number of aryl methyl sites for hydroxylation is 1. The van der Waals surface area contributed by atoms with Gasteiger partial charge in [-0.25, -0.2) is 4.98 Å². The van der Waals surface area contributed by atoms with Crippen LogP contribution in [0.4, 0.5) is 5.69 Å². The summed E-state index contributed by atoms with van der Waals surface area (Å²) >= 11 is 0. The maximum absolute atomic E-state index is 12.8. The molecule has 2 heterocycles. The number of carbonyl (C=O) groups excluding carboxylic acids is 1. The third kappa shape index (κ3) is 3.31. The summed E-state index contributed by atoms with van der Waals surface area (Å²) < 4.78 is 2.28. The number of fused-ring (bicyclic) bond motifs is 1. The lowest BCUT2D eigenvalue weighted by Gasteiger charge is -2.18. The Labute approximate surface area is 170 Å². The molecular formula is C25H23N3O. The Bertz CT molecular complexity index is 1160. The molecule has 29 heavy (non-hydrogen) atoms. The van der Waals surface area contributed by atoms with Crippen molar-refractivity contribution in [1.29, 1.82) is 0 Å². The Morgan fingerprint density at radius 1 is 0.931 bits per heavy atom. The lowest BCUT2D eigenvalue weighted by atomic mass is 10.1. The van der Waals surface area contributed by atoms with Crippen molar-refractivity contribution >= 4 is 22.6 Å². The van der Waals surface area contributed by atoms with Crippen molar-refractivity contribution in [1.82, 2.24) is 9.55 Å². The topological polar surface area (TPSA) is 38.1 Å². The van der Waals surface area contributed by atoms with E-state index in [-0.39, 0.29) is 11.8 Å². The van der Waals surface area contributed by atoms with E-state index in [9.17, 15) is 4.79 Å². The molecule has 0 spiro atoms. The van der Waals surface area contributed by atoms with Crippen LogP contribution in [0.2, 0.25) is 0 Å². The van der Waals surface area contributed by atoms with Crippen molar-refractivity contribution in [3.8, 4) is 0 Å². The predicted octanol–water partition coefficient (Wildman–Crippen LogP) is 4.91. The number of imidazole rings is 1. The maximum Gasteiger partial charge on any atom is 0.227 e. The fourth-order valence-corrected chi connectivity index (χ4v) is 4.19. The molecule has 1 aliphatic rings. The van der Waals surface area contributed by atoms with Crippen LogP contribution in [-0.2, 0) is 11.3 Å². The van der Waals surface area contributed by atoms with E-state index in [1.807, 2.05) is 35.2 Å². The zero-order valence-electron chi connectivity index (χ0n) is 16.5. The molecule has 1 unspecified atom stereocenters. The molecule has 0 radical (unpaired) electrons. The Balaban J connectivity index is 1.52. The molecule has 4 aromatic rings. The third-order valence-electron chi connectivity index (χ3n) is 5.70. The molecule has 0 bridgehead atoms. The fraction of sp³-hybridized carbons (Fsp3) is 0.200. The number of anilines is 1. The highest BCUT2D eigenvalue weighted by Gasteiger charge is 2.34. The second-order valence-corrected chi connectivity index (χ2v) is 7.77. The van der Waals surface area contributed by atoms with Crippen molar-refractivity contribution in [2.24, 2.45) is 0 Å². The molecular weight excluding hydrogens is 358 g/mol. The van der Waals surface area contributed by atoms with E-state index < -0.39 is 0 Å². The van der Waals surface area contributed by atoms with Gasteiger partial charge in [0.25, 0.3) is 0 Å². The van der Waals surface area contributed by atoms with Gasteiger partial charge in [0.2, 0.25) is 5.91 Å². The van der Waals surface area contributed by atoms with Crippen molar-refractivity contribution < 1.29 is 4.79 Å². The number of rotatable bonds is 4. The Morgan fingerprint density at radius 3 is 2.45 bits per heavy atom. The normalized spacial score (nSPS) is 16.7. The van der Waals surface area contributed by atoms with Gasteiger partial charge in [0.15, 0.2) is 0 Å². The lowest BCUT2D eigenvalue weighted by molar-refractivity contribution is -0.117. The van der Waals surface area contributed by atoms with Crippen molar-refractivity contribution in [2.45, 2.75) is 25.8 Å². The van der Waals surface area contributed by atoms with Crippen molar-refractivity contribution in [3.05, 3.63) is 95.8 Å². The first kappa shape index (κ1) is 17.7. The molecule has 1 aromatic heterocycles. The number of benzene rings is 3. The summed E-state index contributed by atoms with van der Waals surface area (Å²) in [7, 11) is 0. The Morgan fingerprint density at radius 2 is 1.66 bits per heavy atom. The summed E-state index contributed by atoms with van der Waals surface area (Å²) in [6, 6.07) is 26.8. The standard InChI is InChI=1S/C25H23N3O/c1-18-11-13-21(14-12-18)27-17-20(15-24(27)29)25-26-22-9-5-6-10-23(22)28(25)16-19-7-3-2-4-8-19/h2-14,20H,15-17H2,1H3. The van der Waals surface area contributed by atoms with Gasteiger partial charge in [-0.15, -0.1) is 0 Å². The van der Waals surface area contributed by atoms with Gasteiger partial charge in [0.1, 0.15) is 5.82 Å². The molecule has 4 nitrogen and oxygen atoms in total. The fourth-order valence-electron chi connectivity index (χ4n) is 4.19. The molecule has 1 amide bonds. The number of hydrogen-bond acceptors (Lipinski definition) is 2. The number of aromatic nitrogens is 2. The van der Waals surface area contributed by atoms with Gasteiger partial charge < -0.3 is 9.47 Å². The molecule has 1 fully saturated rings. The van der Waals surface area contributed by atoms with E-state index in [4.69, 9.17) is 4.98 Å². The largest absolute Gasteiger partial charge is 0.323 e. The predicted molar refractivity (Wildman–Crippen MR) is 116 cm³/mol. The highest BCUT2D eigenvalue weighted by molar-refractivity contribution is 5.96. The summed E-state index contributed by atoms with van der Waals surface area (Å²) in [6.45, 7) is 3.48. The van der Waals surface area contributed by atoms with Gasteiger partial charge in [0.05, 0.1) is 11.0 Å². The molecule has 0 aliphatic carbocycles. The molecule has 1 aliphatic heterocycles. The molecule has 144 valence electrons. The van der Waals surface area contributed by atoms with Crippen LogP contribution in [0.3, 0.4) is 0 Å². The number of carbonyl (C=O) groups is 1. The average molecular weight is 381 g/mol. The average Bonchev–Trinajstić information content (AvgIpc) is 3.30. The van der Waals surface area contributed by atoms with E-state index in [0.29, 0.717) is 13.0 Å². The number of para-hydroxylation sites is 2. The first-order chi connectivity index (χ1) is 14.2. The highest BCUT2D eigenvalue weighted by atomic mass is 16.2. The quantitative estimate of drug-likeness (QED) is 0.504. The molecule has 3 aromatic carbocycles. The van der Waals surface area contributed by atoms with Gasteiger partial charge in [-0.1, -0.05) is 60.2 Å². The molecule has 1 atom stereocenters. The number of amides is 1. The summed E-state index contributed by atoms with van der Waals surface area (Å²) in [5.41, 5.74) is 5.50. The Kier molecular flexibility index (Phi) is 4.39. The third-order valence-corrected chi connectivity index (χ3v) is 5.70. The van der Waals surface area contributed by atoms with Gasteiger partial charge in [-0.2, -0.15) is 0 Å². The zero-order valence-corrected chi connectivity index (χ0v) is 16.5. The SMILES string of the molecule is Cc1ccc(N2CC(c3nc4ccccc4n3Cc3ccccc3)CC2=O)cc1. The number of nitrogens with zero attached hydrogens (tertiary/aromatic N) is 3. The summed E-state index contributed by atoms with van der Waals surface area (Å²) in [5, 5.41) is 0. The van der Waals surface area contributed by atoms with Gasteiger partial charge in [-0.3, -0.25) is 4.79 Å². The van der Waals surface area contributed by atoms with Crippen LogP contribution in [-0.4, -0.2) is 22.0 Å². The first-order valence-corrected chi connectivity index (χ1v) is 10.0. The molecule has 0 N–H and O–H groups in total. The second kappa shape index (κ2) is 7.21. The van der Waals surface area contributed by atoms with Crippen LogP contribution in [0.5, 0.6) is 0 Å². The smallest absolute Gasteiger partial charge is 0.227 e. The minimum Gasteiger partial charge on any atom is -0.323 e. The first-order valence-electron chi connectivity index (χ1n) is 10.0. The van der Waals surface area contributed by atoms with E-state index in [1.54, 1.807) is 0 Å². The van der Waals surface area contributed by atoms with Crippen LogP contribution in [0.15, 0.2) is 78.9 Å². The van der Waals surface area contributed by atoms with Gasteiger partial charge in [-0.05, 0) is 36.8 Å². The zero-order chi connectivity index (χ0) is 19.8. The lowest BCUT2D eigenvalue weighted by Crippen LogP contribution is -2.24. The molecule has 1 saturated heterocycles. The van der Waals surface area contributed by atoms with Crippen molar-refractivity contribution in [2.75, 3.05) is 11.4 Å². The molecule has 0 saturated carbocycles. The maximum atomic E-state index is 12.8. The van der Waals surface area contributed by atoms with E-state index in [2.05, 4.69) is 60.0 Å². The van der Waals surface area contributed by atoms with Crippen molar-refractivity contribution in [3.63, 3.8) is 0 Å². The van der Waals surface area contributed by atoms with E-state index in [0.717, 1.165) is 29.1 Å². The monoisotopic (exact) mass is 381 g/mol. The van der Waals surface area contributed by atoms with E-state index in [1.165, 1.54) is 11.1 Å². The van der Waals surface area contributed by atoms with Crippen LogP contribution in [0.1, 0.15) is 29.3 Å². The second-order valence-electron chi connectivity index (χ2n) is 7.77. The van der Waals surface area contributed by atoms with Crippen LogP contribution >= 0.6 is 0 Å². The van der Waals surface area contributed by atoms with Gasteiger partial charge in [0, 0.05) is 31.1 Å². The van der Waals surface area contributed by atoms with Gasteiger partial charge >= 0.3 is 0 Å². The molecule has 5 rings (SSSR count). The minimum atomic E-state index is 0.0833. The van der Waals surface area contributed by atoms with E-state index >= 15 is 0 Å². The summed E-state index contributed by atoms with van der Waals surface area (Å²) in [6.07, 6.45) is 0.492. The Hall–Kier alpha value is -3.40. The van der Waals surface area contributed by atoms with Crippen LogP contribution in [0, 0.1) is 6.92 Å². The minimum absolute atomic E-state index is 0.0833. The molecule has 4 heteroatoms. The number of hydrogen-bond donors (Lipinski definition) is 0. The van der Waals surface area contributed by atoms with Crippen LogP contribution in [0.25, 0.3) is 11.0 Å². The summed E-state index contributed by atoms with van der Waals surface area (Å²) in [4.78, 5) is 19.7.